The molecule has 0 aromatic rings. The summed E-state index contributed by atoms with van der Waals surface area (Å²) in [5, 5.41) is 9.87. The molecule has 2 fully saturated rings. The van der Waals surface area contributed by atoms with Crippen molar-refractivity contribution in [3.8, 4) is 0 Å². The minimum atomic E-state index is -0.119. The molecule has 0 radical (unpaired) electrons. The molecule has 2 aliphatic heterocycles. The largest absolute Gasteiger partial charge is 0.392 e. The highest BCUT2D eigenvalue weighted by molar-refractivity contribution is 4.91. The third kappa shape index (κ3) is 2.76. The van der Waals surface area contributed by atoms with Crippen LogP contribution in [0.4, 0.5) is 0 Å². The van der Waals surface area contributed by atoms with E-state index in [9.17, 15) is 5.11 Å². The summed E-state index contributed by atoms with van der Waals surface area (Å²) in [4.78, 5) is 5.03. The zero-order chi connectivity index (χ0) is 11.5. The average Bonchev–Trinajstić information content (AvgIpc) is 2.47. The molecule has 0 amide bonds. The first-order valence-electron chi connectivity index (χ1n) is 6.83. The smallest absolute Gasteiger partial charge is 0.0667 e. The lowest BCUT2D eigenvalue weighted by Crippen LogP contribution is -2.39. The van der Waals surface area contributed by atoms with Crippen LogP contribution in [0.2, 0.25) is 0 Å². The van der Waals surface area contributed by atoms with Crippen molar-refractivity contribution in [2.45, 2.75) is 57.2 Å². The van der Waals surface area contributed by atoms with E-state index in [0.717, 1.165) is 38.0 Å². The Bertz CT molecular complexity index is 222. The topological polar surface area (TPSA) is 26.7 Å². The van der Waals surface area contributed by atoms with E-state index < -0.39 is 0 Å². The first-order chi connectivity index (χ1) is 7.70. The zero-order valence-corrected chi connectivity index (χ0v) is 10.7. The molecule has 2 aliphatic rings. The van der Waals surface area contributed by atoms with Crippen LogP contribution in [0.3, 0.4) is 0 Å². The third-order valence-electron chi connectivity index (χ3n) is 4.32. The molecule has 3 nitrogen and oxygen atoms in total. The number of hydrogen-bond acceptors (Lipinski definition) is 3. The monoisotopic (exact) mass is 226 g/mol. The van der Waals surface area contributed by atoms with Crippen molar-refractivity contribution in [1.82, 2.24) is 9.80 Å². The van der Waals surface area contributed by atoms with Crippen LogP contribution in [-0.2, 0) is 0 Å². The SMILES string of the molecule is CCCC(O)CN1CCC2CCC(C1)N2C. The van der Waals surface area contributed by atoms with Crippen molar-refractivity contribution in [2.75, 3.05) is 26.7 Å². The van der Waals surface area contributed by atoms with E-state index in [1.165, 1.54) is 25.8 Å². The predicted octanol–water partition coefficient (Wildman–Crippen LogP) is 1.32. The molecule has 1 N–H and O–H groups in total. The van der Waals surface area contributed by atoms with Crippen LogP contribution in [0.5, 0.6) is 0 Å². The fourth-order valence-corrected chi connectivity index (χ4v) is 3.27. The molecular weight excluding hydrogens is 200 g/mol. The Labute approximate surface area is 99.4 Å². The van der Waals surface area contributed by atoms with Crippen molar-refractivity contribution in [1.29, 1.82) is 0 Å². The van der Waals surface area contributed by atoms with Crippen LogP contribution < -0.4 is 0 Å². The molecule has 0 spiro atoms. The average molecular weight is 226 g/mol. The summed E-state index contributed by atoms with van der Waals surface area (Å²) in [6.45, 7) is 5.35. The maximum atomic E-state index is 9.87. The van der Waals surface area contributed by atoms with Gasteiger partial charge in [-0.3, -0.25) is 9.80 Å². The number of rotatable bonds is 4. The van der Waals surface area contributed by atoms with Crippen molar-refractivity contribution >= 4 is 0 Å². The molecule has 3 unspecified atom stereocenters. The Hall–Kier alpha value is -0.120. The number of likely N-dealkylation sites (N-methyl/N-ethyl adjacent to an activating group) is 1. The van der Waals surface area contributed by atoms with Crippen LogP contribution in [-0.4, -0.2) is 59.8 Å². The Kier molecular flexibility index (Phi) is 4.22. The minimum Gasteiger partial charge on any atom is -0.392 e. The lowest BCUT2D eigenvalue weighted by molar-refractivity contribution is 0.0990. The first-order valence-corrected chi connectivity index (χ1v) is 6.83. The quantitative estimate of drug-likeness (QED) is 0.783. The Morgan fingerprint density at radius 1 is 1.25 bits per heavy atom. The van der Waals surface area contributed by atoms with E-state index in [1.54, 1.807) is 0 Å². The molecule has 2 rings (SSSR count). The molecule has 16 heavy (non-hydrogen) atoms. The molecule has 0 aromatic carbocycles. The lowest BCUT2D eigenvalue weighted by atomic mass is 10.1. The van der Waals surface area contributed by atoms with Gasteiger partial charge in [-0.1, -0.05) is 13.3 Å². The molecule has 2 saturated heterocycles. The Morgan fingerprint density at radius 3 is 2.75 bits per heavy atom. The molecule has 0 aromatic heterocycles. The molecule has 2 heterocycles. The van der Waals surface area contributed by atoms with Crippen LogP contribution in [0, 0.1) is 0 Å². The highest BCUT2D eigenvalue weighted by Gasteiger charge is 2.34. The maximum absolute atomic E-state index is 9.87. The summed E-state index contributed by atoms with van der Waals surface area (Å²) >= 11 is 0. The van der Waals surface area contributed by atoms with E-state index in [4.69, 9.17) is 0 Å². The van der Waals surface area contributed by atoms with Crippen molar-refractivity contribution in [3.05, 3.63) is 0 Å². The highest BCUT2D eigenvalue weighted by Crippen LogP contribution is 2.28. The van der Waals surface area contributed by atoms with E-state index in [-0.39, 0.29) is 6.10 Å². The van der Waals surface area contributed by atoms with Crippen LogP contribution in [0.25, 0.3) is 0 Å². The Balaban J connectivity index is 1.84. The normalized spacial score (nSPS) is 33.9. The van der Waals surface area contributed by atoms with E-state index >= 15 is 0 Å². The maximum Gasteiger partial charge on any atom is 0.0667 e. The molecule has 3 atom stereocenters. The molecule has 0 aliphatic carbocycles. The standard InChI is InChI=1S/C13H26N2O/c1-3-4-13(16)10-15-8-7-11-5-6-12(9-15)14(11)2/h11-13,16H,3-10H2,1-2H3. The second-order valence-electron chi connectivity index (χ2n) is 5.54. The zero-order valence-electron chi connectivity index (χ0n) is 10.7. The van der Waals surface area contributed by atoms with Crippen LogP contribution in [0.15, 0.2) is 0 Å². The predicted molar refractivity (Wildman–Crippen MR) is 66.5 cm³/mol. The third-order valence-corrected chi connectivity index (χ3v) is 4.32. The van der Waals surface area contributed by atoms with Gasteiger partial charge in [-0.25, -0.2) is 0 Å². The Morgan fingerprint density at radius 2 is 2.00 bits per heavy atom. The number of hydrogen-bond donors (Lipinski definition) is 1. The molecule has 3 heteroatoms. The van der Waals surface area contributed by atoms with Gasteiger partial charge in [-0.2, -0.15) is 0 Å². The number of fused-ring (bicyclic) bond motifs is 2. The van der Waals surface area contributed by atoms with E-state index in [0.29, 0.717) is 0 Å². The van der Waals surface area contributed by atoms with Gasteiger partial charge in [-0.05, 0) is 39.3 Å². The second-order valence-corrected chi connectivity index (χ2v) is 5.54. The molecule has 0 saturated carbocycles. The summed E-state index contributed by atoms with van der Waals surface area (Å²) in [6, 6.07) is 1.54. The second kappa shape index (κ2) is 5.48. The lowest BCUT2D eigenvalue weighted by Gasteiger charge is -2.27. The fraction of sp³-hybridized carbons (Fsp3) is 1.00. The highest BCUT2D eigenvalue weighted by atomic mass is 16.3. The summed E-state index contributed by atoms with van der Waals surface area (Å²) in [6.07, 6.45) is 5.92. The van der Waals surface area contributed by atoms with Gasteiger partial charge in [0.05, 0.1) is 6.10 Å². The van der Waals surface area contributed by atoms with Gasteiger partial charge in [0, 0.05) is 25.2 Å². The van der Waals surface area contributed by atoms with Crippen molar-refractivity contribution in [2.24, 2.45) is 0 Å². The van der Waals surface area contributed by atoms with E-state index in [2.05, 4.69) is 23.8 Å². The number of nitrogens with zero attached hydrogens (tertiary/aromatic N) is 2. The summed E-state index contributed by atoms with van der Waals surface area (Å²) in [5.41, 5.74) is 0. The molecular formula is C13H26N2O. The summed E-state index contributed by atoms with van der Waals surface area (Å²) in [5.74, 6) is 0. The number of β-amino-alcohol motifs (C(OH)–C–C–N with tert-alkyl or cyclic N) is 1. The van der Waals surface area contributed by atoms with E-state index in [1.807, 2.05) is 0 Å². The van der Waals surface area contributed by atoms with Gasteiger partial charge >= 0.3 is 0 Å². The van der Waals surface area contributed by atoms with Crippen molar-refractivity contribution < 1.29 is 5.11 Å². The summed E-state index contributed by atoms with van der Waals surface area (Å²) in [7, 11) is 2.27. The minimum absolute atomic E-state index is 0.119. The summed E-state index contributed by atoms with van der Waals surface area (Å²) < 4.78 is 0. The van der Waals surface area contributed by atoms with Gasteiger partial charge in [0.25, 0.3) is 0 Å². The molecule has 2 bridgehead atoms. The van der Waals surface area contributed by atoms with Crippen LogP contribution >= 0.6 is 0 Å². The number of aliphatic hydroxyl groups is 1. The fourth-order valence-electron chi connectivity index (χ4n) is 3.27. The van der Waals surface area contributed by atoms with Crippen LogP contribution in [0.1, 0.15) is 39.0 Å². The van der Waals surface area contributed by atoms with Gasteiger partial charge in [0.2, 0.25) is 0 Å². The first kappa shape index (κ1) is 12.3. The van der Waals surface area contributed by atoms with Crippen molar-refractivity contribution in [3.63, 3.8) is 0 Å². The number of likely N-dealkylation sites (tertiary alicyclic amines) is 1. The van der Waals surface area contributed by atoms with Gasteiger partial charge < -0.3 is 5.11 Å². The van der Waals surface area contributed by atoms with Gasteiger partial charge in [0.1, 0.15) is 0 Å². The number of aliphatic hydroxyl groups excluding tert-OH is 1. The van der Waals surface area contributed by atoms with Gasteiger partial charge in [0.15, 0.2) is 0 Å². The molecule has 94 valence electrons. The van der Waals surface area contributed by atoms with Gasteiger partial charge in [-0.15, -0.1) is 0 Å².